The highest BCUT2D eigenvalue weighted by Gasteiger charge is 2.15. The van der Waals surface area contributed by atoms with Gasteiger partial charge in [-0.25, -0.2) is 8.78 Å². The van der Waals surface area contributed by atoms with Gasteiger partial charge >= 0.3 is 0 Å². The van der Waals surface area contributed by atoms with E-state index in [2.05, 4.69) is 31.5 Å². The lowest BCUT2D eigenvalue weighted by molar-refractivity contribution is 0.152. The van der Waals surface area contributed by atoms with E-state index in [-0.39, 0.29) is 11.2 Å². The molecule has 0 saturated heterocycles. The Morgan fingerprint density at radius 2 is 2.23 bits per heavy atom. The fraction of sp³-hybridized carbons (Fsp3) is 0.167. The molecule has 0 unspecified atom stereocenters. The number of fused-ring (bicyclic) bond motifs is 1. The average Bonchev–Trinajstić information content (AvgIpc) is 2.49. The molecule has 0 amide bonds. The number of hydrogen-bond donors (Lipinski definition) is 0. The van der Waals surface area contributed by atoms with E-state index >= 15 is 0 Å². The van der Waals surface area contributed by atoms with Crippen molar-refractivity contribution < 1.29 is 8.78 Å². The molecule has 0 radical (unpaired) electrons. The van der Waals surface area contributed by atoms with Crippen LogP contribution in [0.15, 0.2) is 16.7 Å². The summed E-state index contributed by atoms with van der Waals surface area (Å²) in [6, 6.07) is 1.30. The molecule has 0 spiro atoms. The zero-order valence-electron chi connectivity index (χ0n) is 6.15. The van der Waals surface area contributed by atoms with Crippen LogP contribution in [-0.4, -0.2) is 20.0 Å². The van der Waals surface area contributed by atoms with E-state index in [0.29, 0.717) is 4.47 Å². The van der Waals surface area contributed by atoms with Crippen molar-refractivity contribution in [3.8, 4) is 0 Å². The molecular formula is C6H3BrF2N4. The summed E-state index contributed by atoms with van der Waals surface area (Å²) in [6.45, 7) is 0. The van der Waals surface area contributed by atoms with Crippen LogP contribution in [0.2, 0.25) is 0 Å². The van der Waals surface area contributed by atoms with E-state index < -0.39 is 6.43 Å². The Morgan fingerprint density at radius 3 is 2.92 bits per heavy atom. The Bertz CT molecular complexity index is 441. The first-order valence-corrected chi connectivity index (χ1v) is 4.13. The Kier molecular flexibility index (Phi) is 1.95. The summed E-state index contributed by atoms with van der Waals surface area (Å²) in [5.41, 5.74) is -0.0995. The van der Waals surface area contributed by atoms with Crippen LogP contribution in [-0.2, 0) is 0 Å². The van der Waals surface area contributed by atoms with Crippen molar-refractivity contribution in [2.24, 2.45) is 0 Å². The lowest BCUT2D eigenvalue weighted by atomic mass is 10.3. The van der Waals surface area contributed by atoms with Crippen molar-refractivity contribution in [1.82, 2.24) is 20.0 Å². The van der Waals surface area contributed by atoms with Crippen molar-refractivity contribution in [3.05, 3.63) is 22.3 Å². The number of pyridine rings is 1. The molecular weight excluding hydrogens is 246 g/mol. The fourth-order valence-corrected chi connectivity index (χ4v) is 1.44. The van der Waals surface area contributed by atoms with Crippen LogP contribution in [0.25, 0.3) is 5.65 Å². The minimum Gasteiger partial charge on any atom is -0.205 e. The average molecular weight is 249 g/mol. The number of alkyl halides is 2. The summed E-state index contributed by atoms with van der Waals surface area (Å²) in [5.74, 6) is 0. The van der Waals surface area contributed by atoms with Crippen LogP contribution in [0, 0.1) is 0 Å². The Labute approximate surface area is 79.7 Å². The van der Waals surface area contributed by atoms with Crippen molar-refractivity contribution in [2.75, 3.05) is 0 Å². The topological polar surface area (TPSA) is 43.1 Å². The Balaban J connectivity index is 2.77. The van der Waals surface area contributed by atoms with Crippen LogP contribution in [0.4, 0.5) is 8.78 Å². The molecule has 0 aliphatic carbocycles. The van der Waals surface area contributed by atoms with Gasteiger partial charge in [-0.15, -0.1) is 5.10 Å². The molecule has 0 atom stereocenters. The summed E-state index contributed by atoms with van der Waals surface area (Å²) in [5, 5.41) is 10.3. The zero-order chi connectivity index (χ0) is 9.42. The van der Waals surface area contributed by atoms with Crippen LogP contribution in [0.5, 0.6) is 0 Å². The van der Waals surface area contributed by atoms with Gasteiger partial charge in [0.25, 0.3) is 6.43 Å². The molecule has 2 rings (SSSR count). The maximum Gasteiger partial charge on any atom is 0.267 e. The summed E-state index contributed by atoms with van der Waals surface area (Å²) >= 11 is 3.09. The summed E-state index contributed by atoms with van der Waals surface area (Å²) < 4.78 is 26.6. The number of rotatable bonds is 1. The second-order valence-electron chi connectivity index (χ2n) is 2.36. The smallest absolute Gasteiger partial charge is 0.205 e. The molecule has 0 bridgehead atoms. The van der Waals surface area contributed by atoms with Crippen molar-refractivity contribution in [2.45, 2.75) is 6.43 Å². The van der Waals surface area contributed by atoms with E-state index in [1.165, 1.54) is 16.8 Å². The van der Waals surface area contributed by atoms with Gasteiger partial charge < -0.3 is 0 Å². The van der Waals surface area contributed by atoms with Gasteiger partial charge in [0.1, 0.15) is 0 Å². The third kappa shape index (κ3) is 1.39. The van der Waals surface area contributed by atoms with Gasteiger partial charge in [-0.05, 0) is 32.4 Å². The highest BCUT2D eigenvalue weighted by Crippen LogP contribution is 2.24. The summed E-state index contributed by atoms with van der Waals surface area (Å²) in [4.78, 5) is 0. The van der Waals surface area contributed by atoms with E-state index in [1.54, 1.807) is 0 Å². The highest BCUT2D eigenvalue weighted by molar-refractivity contribution is 9.10. The standard InChI is InChI=1S/C6H3BrF2N4/c7-3-1-4(5(8)9)6-10-11-12-13(6)2-3/h1-2,5H. The molecule has 0 fully saturated rings. The Hall–Kier alpha value is -1.11. The van der Waals surface area contributed by atoms with Crippen molar-refractivity contribution in [1.29, 1.82) is 0 Å². The number of tetrazole rings is 1. The minimum absolute atomic E-state index is 0.0817. The molecule has 2 heterocycles. The molecule has 2 aromatic rings. The van der Waals surface area contributed by atoms with Gasteiger partial charge in [-0.1, -0.05) is 0 Å². The zero-order valence-corrected chi connectivity index (χ0v) is 7.74. The monoisotopic (exact) mass is 248 g/mol. The fourth-order valence-electron chi connectivity index (χ4n) is 0.998. The Morgan fingerprint density at radius 1 is 1.46 bits per heavy atom. The molecule has 0 aliphatic rings. The van der Waals surface area contributed by atoms with Gasteiger partial charge in [0.15, 0.2) is 5.65 Å². The second-order valence-corrected chi connectivity index (χ2v) is 3.28. The largest absolute Gasteiger partial charge is 0.267 e. The molecule has 7 heteroatoms. The maximum atomic E-state index is 12.4. The number of hydrogen-bond acceptors (Lipinski definition) is 3. The third-order valence-electron chi connectivity index (χ3n) is 1.53. The van der Waals surface area contributed by atoms with Crippen LogP contribution >= 0.6 is 15.9 Å². The predicted molar refractivity (Wildman–Crippen MR) is 43.4 cm³/mol. The lowest BCUT2D eigenvalue weighted by Crippen LogP contribution is -1.94. The molecule has 68 valence electrons. The van der Waals surface area contributed by atoms with Gasteiger partial charge in [0.2, 0.25) is 0 Å². The van der Waals surface area contributed by atoms with E-state index in [1.807, 2.05) is 0 Å². The first-order valence-electron chi connectivity index (χ1n) is 3.34. The van der Waals surface area contributed by atoms with Gasteiger partial charge in [0, 0.05) is 10.7 Å². The predicted octanol–water partition coefficient (Wildman–Crippen LogP) is 1.82. The SMILES string of the molecule is FC(F)c1cc(Br)cn2nnnc12. The minimum atomic E-state index is -2.58. The summed E-state index contributed by atoms with van der Waals surface area (Å²) in [7, 11) is 0. The molecule has 4 nitrogen and oxygen atoms in total. The second kappa shape index (κ2) is 2.99. The normalized spacial score (nSPS) is 11.4. The molecule has 0 N–H and O–H groups in total. The van der Waals surface area contributed by atoms with Gasteiger partial charge in [-0.3, -0.25) is 0 Å². The number of halogens is 3. The summed E-state index contributed by atoms with van der Waals surface area (Å²) in [6.07, 6.45) is -1.06. The van der Waals surface area contributed by atoms with Gasteiger partial charge in [0.05, 0.1) is 5.56 Å². The highest BCUT2D eigenvalue weighted by atomic mass is 79.9. The third-order valence-corrected chi connectivity index (χ3v) is 1.96. The van der Waals surface area contributed by atoms with Crippen LogP contribution in [0.3, 0.4) is 0 Å². The van der Waals surface area contributed by atoms with E-state index in [0.717, 1.165) is 0 Å². The first kappa shape index (κ1) is 8.49. The van der Waals surface area contributed by atoms with E-state index in [9.17, 15) is 8.78 Å². The van der Waals surface area contributed by atoms with Crippen molar-refractivity contribution >= 4 is 21.6 Å². The number of nitrogens with zero attached hydrogens (tertiary/aromatic N) is 4. The lowest BCUT2D eigenvalue weighted by Gasteiger charge is -2.00. The molecule has 0 saturated carbocycles. The van der Waals surface area contributed by atoms with Crippen molar-refractivity contribution in [3.63, 3.8) is 0 Å². The molecule has 0 aliphatic heterocycles. The van der Waals surface area contributed by atoms with E-state index in [4.69, 9.17) is 0 Å². The molecule has 2 aromatic heterocycles. The van der Waals surface area contributed by atoms with Crippen LogP contribution < -0.4 is 0 Å². The number of aromatic nitrogens is 4. The van der Waals surface area contributed by atoms with Crippen LogP contribution in [0.1, 0.15) is 12.0 Å². The molecule has 13 heavy (non-hydrogen) atoms. The van der Waals surface area contributed by atoms with Gasteiger partial charge in [-0.2, -0.15) is 4.52 Å². The maximum absolute atomic E-state index is 12.4. The molecule has 0 aromatic carbocycles. The quantitative estimate of drug-likeness (QED) is 0.774. The first-order chi connectivity index (χ1) is 6.18.